The number of unbranched alkanes of at least 4 members (excludes halogenated alkanes) is 1. The lowest BCUT2D eigenvalue weighted by atomic mass is 10.1. The van der Waals surface area contributed by atoms with Crippen molar-refractivity contribution in [1.29, 1.82) is 10.9 Å². The molecule has 0 aliphatic heterocycles. The highest BCUT2D eigenvalue weighted by atomic mass is 16.7. The number of pyridine rings is 1. The summed E-state index contributed by atoms with van der Waals surface area (Å²) in [5, 5.41) is 15.6. The van der Waals surface area contributed by atoms with Crippen LogP contribution in [0.1, 0.15) is 63.8 Å². The van der Waals surface area contributed by atoms with Gasteiger partial charge in [0.25, 0.3) is 5.91 Å². The Morgan fingerprint density at radius 3 is 2.51 bits per heavy atom. The molecule has 1 heterocycles. The summed E-state index contributed by atoms with van der Waals surface area (Å²) in [5.41, 5.74) is 11.4. The maximum Gasteiger partial charge on any atom is 0.285 e. The molecule has 1 amide bonds. The van der Waals surface area contributed by atoms with Crippen LogP contribution in [0.25, 0.3) is 0 Å². The highest BCUT2D eigenvalue weighted by Gasteiger charge is 2.40. The molecule has 11 heteroatoms. The fraction of sp³-hybridized carbons (Fsp3) is 0.500. The van der Waals surface area contributed by atoms with Gasteiger partial charge < -0.3 is 14.8 Å². The van der Waals surface area contributed by atoms with Crippen molar-refractivity contribution in [2.75, 3.05) is 25.6 Å². The summed E-state index contributed by atoms with van der Waals surface area (Å²) in [6.45, 7) is 6.69. The molecule has 0 bridgehead atoms. The van der Waals surface area contributed by atoms with Crippen molar-refractivity contribution in [1.82, 2.24) is 15.5 Å². The Kier molecular flexibility index (Phi) is 12.8. The van der Waals surface area contributed by atoms with E-state index in [2.05, 4.69) is 27.9 Å². The number of nitrogens with one attached hydrogen (secondary N) is 4. The Labute approximate surface area is 218 Å². The van der Waals surface area contributed by atoms with Gasteiger partial charge in [-0.15, -0.1) is 0 Å². The first-order chi connectivity index (χ1) is 17.9. The number of ether oxygens (including phenoxy) is 2. The van der Waals surface area contributed by atoms with Gasteiger partial charge in [0, 0.05) is 20.1 Å². The van der Waals surface area contributed by atoms with Crippen LogP contribution < -0.4 is 10.8 Å². The second-order valence-electron chi connectivity index (χ2n) is 8.37. The molecule has 11 nitrogen and oxygen atoms in total. The third-order valence-corrected chi connectivity index (χ3v) is 5.50. The Morgan fingerprint density at radius 2 is 1.86 bits per heavy atom. The Morgan fingerprint density at radius 1 is 1.11 bits per heavy atom. The number of benzene rings is 1. The molecule has 4 N–H and O–H groups in total. The van der Waals surface area contributed by atoms with E-state index in [1.54, 1.807) is 18.2 Å². The van der Waals surface area contributed by atoms with Crippen LogP contribution in [0.15, 0.2) is 53.8 Å². The summed E-state index contributed by atoms with van der Waals surface area (Å²) in [7, 11) is 1.52. The maximum absolute atomic E-state index is 13.3. The zero-order valence-corrected chi connectivity index (χ0v) is 22.1. The van der Waals surface area contributed by atoms with Crippen molar-refractivity contribution in [3.8, 4) is 0 Å². The average molecular weight is 514 g/mol. The number of carbonyl (C=O) groups excluding carboxylic acids is 1. The first-order valence-corrected chi connectivity index (χ1v) is 12.6. The Balaban J connectivity index is 2.10. The molecular formula is C26H39N7O4. The molecule has 0 aliphatic carbocycles. The number of hydrogen-bond acceptors (Lipinski definition) is 9. The molecule has 1 aromatic heterocycles. The summed E-state index contributed by atoms with van der Waals surface area (Å²) < 4.78 is 11.8. The minimum absolute atomic E-state index is 0.0431. The minimum Gasteiger partial charge on any atom is -0.342 e. The SMILES string of the molecule is CCCCC(OCC)(OCCC)C(=O)Nc1cccc(CONC(C(=N)N(C)N=N)c2ccccc2)n1. The number of carbonyl (C=O) groups is 1. The third-order valence-electron chi connectivity index (χ3n) is 5.50. The van der Waals surface area contributed by atoms with Gasteiger partial charge in [-0.05, 0) is 37.5 Å². The molecule has 1 aromatic carbocycles. The fourth-order valence-corrected chi connectivity index (χ4v) is 3.55. The monoisotopic (exact) mass is 513 g/mol. The molecule has 0 saturated heterocycles. The van der Waals surface area contributed by atoms with Gasteiger partial charge >= 0.3 is 0 Å². The number of amides is 1. The zero-order valence-electron chi connectivity index (χ0n) is 22.1. The molecule has 0 radical (unpaired) electrons. The van der Waals surface area contributed by atoms with E-state index in [9.17, 15) is 4.79 Å². The number of hydrogen-bond donors (Lipinski definition) is 4. The average Bonchev–Trinajstić information content (AvgIpc) is 2.92. The van der Waals surface area contributed by atoms with Crippen LogP contribution in [0, 0.1) is 10.9 Å². The van der Waals surface area contributed by atoms with Gasteiger partial charge in [0.15, 0.2) is 0 Å². The van der Waals surface area contributed by atoms with E-state index in [-0.39, 0.29) is 18.3 Å². The van der Waals surface area contributed by atoms with Crippen molar-refractivity contribution in [2.24, 2.45) is 5.22 Å². The summed E-state index contributed by atoms with van der Waals surface area (Å²) in [5.74, 6) is -1.36. The second kappa shape index (κ2) is 15.8. The van der Waals surface area contributed by atoms with E-state index in [1.165, 1.54) is 7.05 Å². The lowest BCUT2D eigenvalue weighted by Crippen LogP contribution is -2.48. The lowest BCUT2D eigenvalue weighted by Gasteiger charge is -2.32. The van der Waals surface area contributed by atoms with Gasteiger partial charge in [-0.3, -0.25) is 15.0 Å². The minimum atomic E-state index is -1.37. The molecule has 37 heavy (non-hydrogen) atoms. The Hall–Kier alpha value is -3.25. The van der Waals surface area contributed by atoms with Gasteiger partial charge in [0.1, 0.15) is 24.3 Å². The summed E-state index contributed by atoms with van der Waals surface area (Å²) in [6, 6.07) is 13.9. The molecule has 2 aromatic rings. The maximum atomic E-state index is 13.3. The van der Waals surface area contributed by atoms with Crippen molar-refractivity contribution in [3.63, 3.8) is 0 Å². The van der Waals surface area contributed by atoms with Crippen molar-refractivity contribution < 1.29 is 19.1 Å². The molecule has 2 atom stereocenters. The van der Waals surface area contributed by atoms with Gasteiger partial charge in [-0.2, -0.15) is 11.0 Å². The summed E-state index contributed by atoms with van der Waals surface area (Å²) in [4.78, 5) is 23.4. The highest BCUT2D eigenvalue weighted by molar-refractivity contribution is 5.95. The van der Waals surface area contributed by atoms with Gasteiger partial charge in [0.05, 0.1) is 12.3 Å². The van der Waals surface area contributed by atoms with Crippen molar-refractivity contribution in [2.45, 2.75) is 64.9 Å². The molecular weight excluding hydrogens is 474 g/mol. The smallest absolute Gasteiger partial charge is 0.285 e. The van der Waals surface area contributed by atoms with E-state index in [0.717, 1.165) is 29.8 Å². The molecule has 0 saturated carbocycles. The number of amidine groups is 1. The third kappa shape index (κ3) is 8.97. The zero-order chi connectivity index (χ0) is 27.1. The number of hydroxylamine groups is 1. The first-order valence-electron chi connectivity index (χ1n) is 12.6. The molecule has 0 fully saturated rings. The lowest BCUT2D eigenvalue weighted by molar-refractivity contribution is -0.228. The van der Waals surface area contributed by atoms with Crippen molar-refractivity contribution >= 4 is 17.6 Å². The normalized spacial score (nSPS) is 13.4. The van der Waals surface area contributed by atoms with Crippen LogP contribution in [-0.4, -0.2) is 47.8 Å². The molecule has 0 spiro atoms. The number of nitrogens with zero attached hydrogens (tertiary/aromatic N) is 3. The van der Waals surface area contributed by atoms with E-state index < -0.39 is 11.8 Å². The van der Waals surface area contributed by atoms with E-state index in [0.29, 0.717) is 31.1 Å². The second-order valence-corrected chi connectivity index (χ2v) is 8.37. The topological polar surface area (TPSA) is 145 Å². The van der Waals surface area contributed by atoms with E-state index >= 15 is 0 Å². The number of anilines is 1. The van der Waals surface area contributed by atoms with Crippen LogP contribution >= 0.6 is 0 Å². The number of aromatic nitrogens is 1. The predicted octanol–water partition coefficient (Wildman–Crippen LogP) is 4.99. The predicted molar refractivity (Wildman–Crippen MR) is 141 cm³/mol. The van der Waals surface area contributed by atoms with Crippen LogP contribution in [0.2, 0.25) is 0 Å². The molecule has 0 aliphatic rings. The summed E-state index contributed by atoms with van der Waals surface area (Å²) in [6.07, 6.45) is 2.90. The largest absolute Gasteiger partial charge is 0.342 e. The van der Waals surface area contributed by atoms with Gasteiger partial charge in [0.2, 0.25) is 5.79 Å². The van der Waals surface area contributed by atoms with Crippen LogP contribution in [0.3, 0.4) is 0 Å². The Bertz CT molecular complexity index is 982. The molecule has 202 valence electrons. The fourth-order valence-electron chi connectivity index (χ4n) is 3.55. The quantitative estimate of drug-likeness (QED) is 0.0767. The standard InChI is InChI=1S/C26H39N7O4/c1-5-8-17-26(35-7-3,36-18-6-2)25(34)30-22-16-12-15-21(29-22)19-37-31-23(24(27)33(4)32-28)20-13-10-9-11-14-20/h9-16,23,27-28,31H,5-8,17-19H2,1-4H3,(H,29,30,34). The highest BCUT2D eigenvalue weighted by Crippen LogP contribution is 2.24. The number of likely N-dealkylation sites (N-methyl/N-ethyl adjacent to an activating group) is 1. The van der Waals surface area contributed by atoms with E-state index in [1.807, 2.05) is 44.2 Å². The molecule has 2 rings (SSSR count). The van der Waals surface area contributed by atoms with Crippen molar-refractivity contribution in [3.05, 3.63) is 59.8 Å². The first kappa shape index (κ1) is 30.0. The van der Waals surface area contributed by atoms with Crippen LogP contribution in [-0.2, 0) is 25.7 Å². The summed E-state index contributed by atoms with van der Waals surface area (Å²) >= 11 is 0. The van der Waals surface area contributed by atoms with Gasteiger partial charge in [-0.25, -0.2) is 9.99 Å². The van der Waals surface area contributed by atoms with Crippen LogP contribution in [0.5, 0.6) is 0 Å². The molecule has 2 unspecified atom stereocenters. The van der Waals surface area contributed by atoms with Crippen LogP contribution in [0.4, 0.5) is 5.82 Å². The number of rotatable bonds is 17. The van der Waals surface area contributed by atoms with Gasteiger partial charge in [-0.1, -0.05) is 61.9 Å². The van der Waals surface area contributed by atoms with E-state index in [4.69, 9.17) is 25.3 Å².